The second kappa shape index (κ2) is 28.4. The van der Waals surface area contributed by atoms with Gasteiger partial charge in [-0.25, -0.2) is 14.4 Å². The topological polar surface area (TPSA) is 324 Å². The minimum absolute atomic E-state index is 0.0505. The summed E-state index contributed by atoms with van der Waals surface area (Å²) < 4.78 is 15.6. The Morgan fingerprint density at radius 1 is 0.438 bits per heavy atom. The molecule has 0 aliphatic carbocycles. The van der Waals surface area contributed by atoms with Gasteiger partial charge in [0.2, 0.25) is 29.5 Å². The number of amides is 8. The van der Waals surface area contributed by atoms with Gasteiger partial charge in [-0.05, 0) is 141 Å². The molecule has 1 unspecified atom stereocenters. The Balaban J connectivity index is 5.69. The number of hydrogen-bond acceptors (Lipinski definition) is 13. The van der Waals surface area contributed by atoms with Crippen LogP contribution >= 0.6 is 0 Å². The number of aliphatic carboxylic acids is 1. The SMILES string of the molecule is C[C@@H](NC(=O)C(CCCCNC(=O)OC(C)(C)C)NC(=O)[C@@H](C)NC(=O)[C@H](CCCCNC(=O)OC(C)(C)C)NC(=O)[C@@H](C)NC(=O)[C@@H](N)CCCCNC(=O)OC(C)(C)C)C(=O)O. The lowest BCUT2D eigenvalue weighted by Gasteiger charge is -2.25. The van der Waals surface area contributed by atoms with Gasteiger partial charge >= 0.3 is 24.2 Å². The van der Waals surface area contributed by atoms with Crippen LogP contribution in [-0.4, -0.2) is 132 Å². The normalized spacial score (nSPS) is 14.4. The number of carboxylic acid groups (broad SMARTS) is 1. The third kappa shape index (κ3) is 29.0. The molecule has 11 N–H and O–H groups in total. The first-order chi connectivity index (χ1) is 29.4. The van der Waals surface area contributed by atoms with E-state index >= 15 is 0 Å². The van der Waals surface area contributed by atoms with E-state index in [0.717, 1.165) is 0 Å². The maximum Gasteiger partial charge on any atom is 0.407 e. The fourth-order valence-electron chi connectivity index (χ4n) is 5.35. The van der Waals surface area contributed by atoms with Crippen molar-refractivity contribution in [3.8, 4) is 0 Å². The zero-order chi connectivity index (χ0) is 49.4. The number of nitrogens with one attached hydrogen (secondary N) is 8. The maximum atomic E-state index is 13.7. The van der Waals surface area contributed by atoms with Crippen LogP contribution in [0.1, 0.15) is 141 Å². The number of carbonyl (C=O) groups is 9. The predicted octanol–water partition coefficient (Wildman–Crippen LogP) is 1.97. The van der Waals surface area contributed by atoms with Crippen molar-refractivity contribution in [3.05, 3.63) is 0 Å². The Bertz CT molecular complexity index is 1560. The van der Waals surface area contributed by atoms with Gasteiger partial charge in [-0.1, -0.05) is 0 Å². The standard InChI is InChI=1S/C42H77N9O13/c1-25(47-33(54)28(43)19-13-16-22-44-37(59)62-40(4,5)6)31(52)50-29(20-14-17-23-45-38(60)63-41(7,8)9)34(55)48-26(2)32(53)51-30(35(56)49-27(3)36(57)58)21-15-18-24-46-39(61)64-42(10,11)12/h25-30H,13-24,43H2,1-12H3,(H,44,59)(H,45,60)(H,46,61)(H,47,54)(H,48,55)(H,49,56)(H,50,52)(H,51,53)(H,57,58)/t25-,26-,27-,28+,29+,30?/m1/s1. The zero-order valence-corrected chi connectivity index (χ0v) is 39.9. The lowest BCUT2D eigenvalue weighted by Crippen LogP contribution is -2.58. The Morgan fingerprint density at radius 2 is 0.734 bits per heavy atom. The fourth-order valence-corrected chi connectivity index (χ4v) is 5.35. The van der Waals surface area contributed by atoms with Gasteiger partial charge in [-0.3, -0.25) is 28.8 Å². The number of hydrogen-bond donors (Lipinski definition) is 10. The van der Waals surface area contributed by atoms with E-state index in [-0.39, 0.29) is 32.4 Å². The predicted molar refractivity (Wildman–Crippen MR) is 237 cm³/mol. The van der Waals surface area contributed by atoms with Crippen LogP contribution in [-0.2, 0) is 43.0 Å². The van der Waals surface area contributed by atoms with Gasteiger partial charge in [0, 0.05) is 19.6 Å². The van der Waals surface area contributed by atoms with Crippen LogP contribution in [0.15, 0.2) is 0 Å². The molecule has 0 radical (unpaired) electrons. The maximum absolute atomic E-state index is 13.7. The molecule has 0 aliphatic rings. The largest absolute Gasteiger partial charge is 0.480 e. The minimum Gasteiger partial charge on any atom is -0.480 e. The van der Waals surface area contributed by atoms with Crippen molar-refractivity contribution in [2.24, 2.45) is 5.73 Å². The average Bonchev–Trinajstić information content (AvgIpc) is 3.13. The van der Waals surface area contributed by atoms with E-state index < -0.39 is 107 Å². The van der Waals surface area contributed by atoms with Crippen LogP contribution in [0.2, 0.25) is 0 Å². The molecule has 0 fully saturated rings. The summed E-state index contributed by atoms with van der Waals surface area (Å²) >= 11 is 0. The van der Waals surface area contributed by atoms with Gasteiger partial charge in [0.1, 0.15) is 47.0 Å². The minimum atomic E-state index is -1.30. The second-order valence-electron chi connectivity index (χ2n) is 18.5. The van der Waals surface area contributed by atoms with E-state index in [1.807, 2.05) is 0 Å². The lowest BCUT2D eigenvalue weighted by atomic mass is 10.1. The number of carbonyl (C=O) groups excluding carboxylic acids is 8. The molecule has 0 aromatic heterocycles. The van der Waals surface area contributed by atoms with Gasteiger partial charge in [-0.15, -0.1) is 0 Å². The first-order valence-corrected chi connectivity index (χ1v) is 21.8. The lowest BCUT2D eigenvalue weighted by molar-refractivity contribution is -0.141. The average molecular weight is 916 g/mol. The summed E-state index contributed by atoms with van der Waals surface area (Å²) in [7, 11) is 0. The van der Waals surface area contributed by atoms with Crippen molar-refractivity contribution in [1.82, 2.24) is 42.5 Å². The highest BCUT2D eigenvalue weighted by Gasteiger charge is 2.30. The summed E-state index contributed by atoms with van der Waals surface area (Å²) in [6, 6.07) is -7.07. The first kappa shape index (κ1) is 58.6. The van der Waals surface area contributed by atoms with Crippen LogP contribution in [0.3, 0.4) is 0 Å². The van der Waals surface area contributed by atoms with E-state index in [9.17, 15) is 48.3 Å². The Labute approximate surface area is 377 Å². The molecule has 0 heterocycles. The molecular formula is C42H77N9O13. The van der Waals surface area contributed by atoms with E-state index in [1.54, 1.807) is 62.3 Å². The molecule has 0 saturated heterocycles. The third-order valence-electron chi connectivity index (χ3n) is 8.62. The van der Waals surface area contributed by atoms with Gasteiger partial charge < -0.3 is 67.6 Å². The summed E-state index contributed by atoms with van der Waals surface area (Å²) in [6.07, 6.45) is 0.943. The Morgan fingerprint density at radius 3 is 1.05 bits per heavy atom. The molecule has 0 rings (SSSR count). The highest BCUT2D eigenvalue weighted by molar-refractivity contribution is 5.96. The Hall–Kier alpha value is -5.41. The highest BCUT2D eigenvalue weighted by Crippen LogP contribution is 2.10. The molecule has 0 bridgehead atoms. The molecule has 0 aromatic rings. The van der Waals surface area contributed by atoms with Gasteiger partial charge in [0.15, 0.2) is 0 Å². The fraction of sp³-hybridized carbons (Fsp3) is 0.786. The van der Waals surface area contributed by atoms with E-state index in [0.29, 0.717) is 45.1 Å². The van der Waals surface area contributed by atoms with Crippen molar-refractivity contribution >= 4 is 53.8 Å². The monoisotopic (exact) mass is 916 g/mol. The van der Waals surface area contributed by atoms with Crippen molar-refractivity contribution in [2.45, 2.75) is 194 Å². The van der Waals surface area contributed by atoms with Crippen LogP contribution in [0, 0.1) is 0 Å². The molecule has 0 aromatic carbocycles. The molecule has 368 valence electrons. The van der Waals surface area contributed by atoms with Gasteiger partial charge in [0.05, 0.1) is 6.04 Å². The molecular weight excluding hydrogens is 839 g/mol. The molecule has 0 saturated carbocycles. The van der Waals surface area contributed by atoms with Crippen LogP contribution < -0.4 is 48.3 Å². The van der Waals surface area contributed by atoms with E-state index in [1.165, 1.54) is 20.8 Å². The summed E-state index contributed by atoms with van der Waals surface area (Å²) in [5.41, 5.74) is 4.01. The smallest absolute Gasteiger partial charge is 0.407 e. The molecule has 8 amide bonds. The summed E-state index contributed by atoms with van der Waals surface area (Å²) in [5, 5.41) is 29.8. The summed E-state index contributed by atoms with van der Waals surface area (Å²) in [4.78, 5) is 114. The van der Waals surface area contributed by atoms with Crippen molar-refractivity contribution < 1.29 is 62.5 Å². The third-order valence-corrected chi connectivity index (χ3v) is 8.62. The molecule has 0 spiro atoms. The van der Waals surface area contributed by atoms with E-state index in [4.69, 9.17) is 19.9 Å². The molecule has 22 heteroatoms. The first-order valence-electron chi connectivity index (χ1n) is 21.8. The molecule has 0 aliphatic heterocycles. The molecule has 22 nitrogen and oxygen atoms in total. The quantitative estimate of drug-likeness (QED) is 0.0438. The van der Waals surface area contributed by atoms with Crippen LogP contribution in [0.4, 0.5) is 14.4 Å². The number of alkyl carbamates (subject to hydrolysis) is 3. The molecule has 6 atom stereocenters. The summed E-state index contributed by atoms with van der Waals surface area (Å²) in [5.74, 6) is -4.97. The zero-order valence-electron chi connectivity index (χ0n) is 39.9. The number of ether oxygens (including phenoxy) is 3. The second-order valence-corrected chi connectivity index (χ2v) is 18.5. The number of rotatable bonds is 26. The van der Waals surface area contributed by atoms with Crippen molar-refractivity contribution in [1.29, 1.82) is 0 Å². The number of unbranched alkanes of at least 4 members (excludes halogenated alkanes) is 3. The number of carboxylic acids is 1. The van der Waals surface area contributed by atoms with Gasteiger partial charge in [0.25, 0.3) is 0 Å². The van der Waals surface area contributed by atoms with Crippen LogP contribution in [0.5, 0.6) is 0 Å². The Kier molecular flexibility index (Phi) is 26.0. The summed E-state index contributed by atoms with van der Waals surface area (Å²) in [6.45, 7) is 20.3. The van der Waals surface area contributed by atoms with Crippen molar-refractivity contribution in [3.63, 3.8) is 0 Å². The van der Waals surface area contributed by atoms with Gasteiger partial charge in [-0.2, -0.15) is 0 Å². The van der Waals surface area contributed by atoms with Crippen LogP contribution in [0.25, 0.3) is 0 Å². The molecule has 64 heavy (non-hydrogen) atoms. The number of nitrogens with two attached hydrogens (primary N) is 1. The van der Waals surface area contributed by atoms with Crippen molar-refractivity contribution in [2.75, 3.05) is 19.6 Å². The highest BCUT2D eigenvalue weighted by atomic mass is 16.6. The van der Waals surface area contributed by atoms with E-state index in [2.05, 4.69) is 42.5 Å².